The molecule has 102 valence electrons. The molecule has 0 aromatic heterocycles. The Kier molecular flexibility index (Phi) is 4.14. The Morgan fingerprint density at radius 2 is 1.84 bits per heavy atom. The lowest BCUT2D eigenvalue weighted by molar-refractivity contribution is -0.141. The maximum absolute atomic E-state index is 12.7. The predicted molar refractivity (Wildman–Crippen MR) is 66.7 cm³/mol. The van der Waals surface area contributed by atoms with Gasteiger partial charge in [-0.3, -0.25) is 9.59 Å². The molecule has 1 saturated carbocycles. The number of halogens is 1. The minimum Gasteiger partial charge on any atom is -0.481 e. The zero-order chi connectivity index (χ0) is 13.8. The van der Waals surface area contributed by atoms with Crippen LogP contribution in [0.5, 0.6) is 0 Å². The summed E-state index contributed by atoms with van der Waals surface area (Å²) in [5.74, 6) is -1.87. The fraction of sp³-hybridized carbons (Fsp3) is 0.429. The van der Waals surface area contributed by atoms with Crippen molar-refractivity contribution in [3.05, 3.63) is 35.6 Å². The van der Waals surface area contributed by atoms with Crippen molar-refractivity contribution in [2.75, 3.05) is 0 Å². The first-order chi connectivity index (χ1) is 9.06. The number of rotatable bonds is 4. The highest BCUT2D eigenvalue weighted by Gasteiger charge is 2.33. The molecular formula is C14H16FNO3. The van der Waals surface area contributed by atoms with E-state index in [0.717, 1.165) is 5.56 Å². The summed E-state index contributed by atoms with van der Waals surface area (Å²) < 4.78 is 12.7. The number of benzene rings is 1. The van der Waals surface area contributed by atoms with Gasteiger partial charge in [0.1, 0.15) is 5.82 Å². The van der Waals surface area contributed by atoms with Crippen LogP contribution in [0.2, 0.25) is 0 Å². The lowest BCUT2D eigenvalue weighted by Gasteiger charge is -2.10. The number of carboxylic acids is 1. The van der Waals surface area contributed by atoms with Gasteiger partial charge in [-0.05, 0) is 37.0 Å². The van der Waals surface area contributed by atoms with Gasteiger partial charge in [0.05, 0.1) is 5.92 Å². The van der Waals surface area contributed by atoms with Crippen LogP contribution in [0, 0.1) is 17.7 Å². The SMILES string of the molecule is O=C(O)C1CCC(C(=O)NCc2ccc(F)cc2)C1. The highest BCUT2D eigenvalue weighted by molar-refractivity contribution is 5.80. The van der Waals surface area contributed by atoms with Crippen molar-refractivity contribution >= 4 is 11.9 Å². The van der Waals surface area contributed by atoms with Gasteiger partial charge in [0.25, 0.3) is 0 Å². The topological polar surface area (TPSA) is 66.4 Å². The van der Waals surface area contributed by atoms with E-state index in [2.05, 4.69) is 5.32 Å². The zero-order valence-electron chi connectivity index (χ0n) is 10.4. The minimum absolute atomic E-state index is 0.118. The molecule has 0 spiro atoms. The number of aliphatic carboxylic acids is 1. The molecule has 2 rings (SSSR count). The molecule has 1 aliphatic carbocycles. The molecule has 2 unspecified atom stereocenters. The van der Waals surface area contributed by atoms with E-state index >= 15 is 0 Å². The van der Waals surface area contributed by atoms with Crippen molar-refractivity contribution in [3.63, 3.8) is 0 Å². The van der Waals surface area contributed by atoms with Crippen molar-refractivity contribution in [2.45, 2.75) is 25.8 Å². The second-order valence-corrected chi connectivity index (χ2v) is 4.89. The quantitative estimate of drug-likeness (QED) is 0.874. The number of hydrogen-bond donors (Lipinski definition) is 2. The van der Waals surface area contributed by atoms with Gasteiger partial charge in [-0.25, -0.2) is 4.39 Å². The van der Waals surface area contributed by atoms with Gasteiger partial charge < -0.3 is 10.4 Å². The van der Waals surface area contributed by atoms with E-state index in [1.165, 1.54) is 12.1 Å². The fourth-order valence-corrected chi connectivity index (χ4v) is 2.38. The molecule has 0 aliphatic heterocycles. The van der Waals surface area contributed by atoms with Gasteiger partial charge in [0.2, 0.25) is 5.91 Å². The lowest BCUT2D eigenvalue weighted by atomic mass is 10.0. The minimum atomic E-state index is -0.825. The largest absolute Gasteiger partial charge is 0.481 e. The third-order valence-corrected chi connectivity index (χ3v) is 3.53. The van der Waals surface area contributed by atoms with E-state index in [9.17, 15) is 14.0 Å². The standard InChI is InChI=1S/C14H16FNO3/c15-12-5-1-9(2-6-12)8-16-13(17)10-3-4-11(7-10)14(18)19/h1-2,5-6,10-11H,3-4,7-8H2,(H,16,17)(H,18,19). The van der Waals surface area contributed by atoms with Crippen LogP contribution >= 0.6 is 0 Å². The highest BCUT2D eigenvalue weighted by atomic mass is 19.1. The van der Waals surface area contributed by atoms with E-state index in [0.29, 0.717) is 25.8 Å². The molecule has 0 saturated heterocycles. The first kappa shape index (κ1) is 13.5. The number of carbonyl (C=O) groups is 2. The summed E-state index contributed by atoms with van der Waals surface area (Å²) in [6, 6.07) is 5.92. The summed E-state index contributed by atoms with van der Waals surface area (Å²) in [5, 5.41) is 11.6. The maximum atomic E-state index is 12.7. The second kappa shape index (κ2) is 5.82. The summed E-state index contributed by atoms with van der Waals surface area (Å²) in [4.78, 5) is 22.7. The third-order valence-electron chi connectivity index (χ3n) is 3.53. The molecule has 19 heavy (non-hydrogen) atoms. The van der Waals surface area contributed by atoms with E-state index in [-0.39, 0.29) is 17.6 Å². The number of carboxylic acid groups (broad SMARTS) is 1. The van der Waals surface area contributed by atoms with Crippen LogP contribution in [-0.2, 0) is 16.1 Å². The van der Waals surface area contributed by atoms with Crippen molar-refractivity contribution in [1.82, 2.24) is 5.32 Å². The Bertz CT molecular complexity index is 472. The third kappa shape index (κ3) is 3.53. The Morgan fingerprint density at radius 1 is 1.21 bits per heavy atom. The van der Waals surface area contributed by atoms with Crippen LogP contribution in [0.25, 0.3) is 0 Å². The van der Waals surface area contributed by atoms with Crippen LogP contribution in [0.15, 0.2) is 24.3 Å². The van der Waals surface area contributed by atoms with Gasteiger partial charge in [-0.2, -0.15) is 0 Å². The van der Waals surface area contributed by atoms with Crippen molar-refractivity contribution < 1.29 is 19.1 Å². The summed E-state index contributed by atoms with van der Waals surface area (Å²) in [5.41, 5.74) is 0.822. The zero-order valence-corrected chi connectivity index (χ0v) is 10.4. The first-order valence-corrected chi connectivity index (χ1v) is 6.31. The summed E-state index contributed by atoms with van der Waals surface area (Å²) in [7, 11) is 0. The highest BCUT2D eigenvalue weighted by Crippen LogP contribution is 2.31. The Morgan fingerprint density at radius 3 is 2.42 bits per heavy atom. The number of hydrogen-bond acceptors (Lipinski definition) is 2. The van der Waals surface area contributed by atoms with Crippen molar-refractivity contribution in [3.8, 4) is 0 Å². The number of amides is 1. The maximum Gasteiger partial charge on any atom is 0.306 e. The molecule has 1 fully saturated rings. The van der Waals surface area contributed by atoms with Crippen LogP contribution in [0.4, 0.5) is 4.39 Å². The number of nitrogens with one attached hydrogen (secondary N) is 1. The van der Waals surface area contributed by atoms with Crippen LogP contribution in [0.1, 0.15) is 24.8 Å². The molecule has 0 heterocycles. The molecule has 1 aromatic rings. The molecule has 5 heteroatoms. The van der Waals surface area contributed by atoms with E-state index < -0.39 is 11.9 Å². The van der Waals surface area contributed by atoms with Crippen LogP contribution in [0.3, 0.4) is 0 Å². The normalized spacial score (nSPS) is 22.2. The number of carbonyl (C=O) groups excluding carboxylic acids is 1. The Balaban J connectivity index is 1.82. The summed E-state index contributed by atoms with van der Waals surface area (Å²) >= 11 is 0. The molecular weight excluding hydrogens is 249 g/mol. The summed E-state index contributed by atoms with van der Waals surface area (Å²) in [6.07, 6.45) is 1.58. The average molecular weight is 265 g/mol. The van der Waals surface area contributed by atoms with E-state index in [4.69, 9.17) is 5.11 Å². The second-order valence-electron chi connectivity index (χ2n) is 4.89. The smallest absolute Gasteiger partial charge is 0.306 e. The predicted octanol–water partition coefficient (Wildman–Crippen LogP) is 1.94. The Hall–Kier alpha value is -1.91. The first-order valence-electron chi connectivity index (χ1n) is 6.31. The van der Waals surface area contributed by atoms with Crippen LogP contribution in [-0.4, -0.2) is 17.0 Å². The molecule has 1 aromatic carbocycles. The molecule has 0 bridgehead atoms. The monoisotopic (exact) mass is 265 g/mol. The van der Waals surface area contributed by atoms with E-state index in [1.54, 1.807) is 12.1 Å². The van der Waals surface area contributed by atoms with Crippen LogP contribution < -0.4 is 5.32 Å². The Labute approximate surface area is 110 Å². The van der Waals surface area contributed by atoms with Gasteiger partial charge >= 0.3 is 5.97 Å². The molecule has 0 radical (unpaired) electrons. The average Bonchev–Trinajstić information content (AvgIpc) is 2.87. The molecule has 2 atom stereocenters. The van der Waals surface area contributed by atoms with Gasteiger partial charge in [-0.15, -0.1) is 0 Å². The molecule has 4 nitrogen and oxygen atoms in total. The molecule has 1 amide bonds. The molecule has 1 aliphatic rings. The van der Waals surface area contributed by atoms with Crippen molar-refractivity contribution in [1.29, 1.82) is 0 Å². The molecule has 2 N–H and O–H groups in total. The van der Waals surface area contributed by atoms with Gasteiger partial charge in [0.15, 0.2) is 0 Å². The lowest BCUT2D eigenvalue weighted by Crippen LogP contribution is -2.29. The van der Waals surface area contributed by atoms with E-state index in [1.807, 2.05) is 0 Å². The van der Waals surface area contributed by atoms with Crippen molar-refractivity contribution in [2.24, 2.45) is 11.8 Å². The fourth-order valence-electron chi connectivity index (χ4n) is 2.38. The van der Waals surface area contributed by atoms with Gasteiger partial charge in [0, 0.05) is 12.5 Å². The van der Waals surface area contributed by atoms with Gasteiger partial charge in [-0.1, -0.05) is 12.1 Å². The summed E-state index contributed by atoms with van der Waals surface area (Å²) in [6.45, 7) is 0.341.